The third-order valence-electron chi connectivity index (χ3n) is 4.86. The molecular weight excluding hydrogens is 304 g/mol. The molecule has 128 valence electrons. The Bertz CT molecular complexity index is 834. The van der Waals surface area contributed by atoms with E-state index in [-0.39, 0.29) is 23.1 Å². The standard InChI is InChI=1S/C18H24N4O2/c1-12-10-14(3)22(19-12)15-6-5-9-21(11-15)18(24)16-8-7-13(2)20(4)17(16)23/h7-8,10,15H,5-6,9,11H2,1-4H3/t15-/m1/s1. The number of hydrogen-bond donors (Lipinski definition) is 0. The molecule has 0 radical (unpaired) electrons. The number of likely N-dealkylation sites (tertiary alicyclic amines) is 1. The third-order valence-corrected chi connectivity index (χ3v) is 4.86. The summed E-state index contributed by atoms with van der Waals surface area (Å²) in [4.78, 5) is 27.0. The van der Waals surface area contributed by atoms with E-state index in [4.69, 9.17) is 0 Å². The maximum absolute atomic E-state index is 12.8. The summed E-state index contributed by atoms with van der Waals surface area (Å²) < 4.78 is 3.54. The highest BCUT2D eigenvalue weighted by molar-refractivity contribution is 5.94. The van der Waals surface area contributed by atoms with Crippen LogP contribution in [0.25, 0.3) is 0 Å². The fourth-order valence-corrected chi connectivity index (χ4v) is 3.42. The van der Waals surface area contributed by atoms with E-state index in [1.807, 2.05) is 31.5 Å². The Balaban J connectivity index is 1.85. The highest BCUT2D eigenvalue weighted by atomic mass is 16.2. The monoisotopic (exact) mass is 328 g/mol. The van der Waals surface area contributed by atoms with Crippen molar-refractivity contribution in [2.24, 2.45) is 7.05 Å². The summed E-state index contributed by atoms with van der Waals surface area (Å²) in [5, 5.41) is 4.56. The molecule has 0 spiro atoms. The van der Waals surface area contributed by atoms with Gasteiger partial charge >= 0.3 is 0 Å². The van der Waals surface area contributed by atoms with Crippen LogP contribution in [0.4, 0.5) is 0 Å². The van der Waals surface area contributed by atoms with E-state index in [1.165, 1.54) is 4.57 Å². The van der Waals surface area contributed by atoms with Crippen molar-refractivity contribution in [1.82, 2.24) is 19.2 Å². The van der Waals surface area contributed by atoms with Crippen LogP contribution in [0.1, 0.15) is 46.3 Å². The summed E-state index contributed by atoms with van der Waals surface area (Å²) in [6.45, 7) is 7.15. The average molecular weight is 328 g/mol. The Kier molecular flexibility index (Phi) is 4.30. The molecule has 3 heterocycles. The molecule has 6 heteroatoms. The molecule has 1 amide bonds. The molecule has 0 saturated carbocycles. The van der Waals surface area contributed by atoms with Crippen molar-refractivity contribution in [3.05, 3.63) is 51.2 Å². The molecule has 3 rings (SSSR count). The normalized spacial score (nSPS) is 18.0. The molecule has 6 nitrogen and oxygen atoms in total. The smallest absolute Gasteiger partial charge is 0.263 e. The first-order valence-electron chi connectivity index (χ1n) is 8.37. The SMILES string of the molecule is Cc1cc(C)n([C@@H]2CCCN(C(=O)c3ccc(C)n(C)c3=O)C2)n1. The average Bonchev–Trinajstić information content (AvgIpc) is 2.91. The first-order chi connectivity index (χ1) is 11.4. The number of hydrogen-bond acceptors (Lipinski definition) is 3. The van der Waals surface area contributed by atoms with Crippen LogP contribution in [0.2, 0.25) is 0 Å². The predicted molar refractivity (Wildman–Crippen MR) is 92.3 cm³/mol. The van der Waals surface area contributed by atoms with Crippen molar-refractivity contribution in [1.29, 1.82) is 0 Å². The van der Waals surface area contributed by atoms with E-state index in [0.717, 1.165) is 29.9 Å². The number of aromatic nitrogens is 3. The van der Waals surface area contributed by atoms with E-state index < -0.39 is 0 Å². The minimum Gasteiger partial charge on any atom is -0.336 e. The largest absolute Gasteiger partial charge is 0.336 e. The van der Waals surface area contributed by atoms with Crippen LogP contribution in [0, 0.1) is 20.8 Å². The zero-order chi connectivity index (χ0) is 17.4. The van der Waals surface area contributed by atoms with Gasteiger partial charge in [-0.25, -0.2) is 0 Å². The van der Waals surface area contributed by atoms with Gasteiger partial charge in [-0.05, 0) is 51.8 Å². The number of rotatable bonds is 2. The number of amides is 1. The summed E-state index contributed by atoms with van der Waals surface area (Å²) in [7, 11) is 1.70. The zero-order valence-electron chi connectivity index (χ0n) is 14.7. The summed E-state index contributed by atoms with van der Waals surface area (Å²) in [5.41, 5.74) is 2.96. The molecule has 2 aromatic heterocycles. The lowest BCUT2D eigenvalue weighted by Gasteiger charge is -2.33. The fourth-order valence-electron chi connectivity index (χ4n) is 3.42. The van der Waals surface area contributed by atoms with Crippen molar-refractivity contribution in [2.75, 3.05) is 13.1 Å². The summed E-state index contributed by atoms with van der Waals surface area (Å²) >= 11 is 0. The van der Waals surface area contributed by atoms with Crippen LogP contribution in [-0.2, 0) is 7.05 Å². The van der Waals surface area contributed by atoms with Crippen molar-refractivity contribution < 1.29 is 4.79 Å². The second-order valence-corrected chi connectivity index (χ2v) is 6.67. The minimum atomic E-state index is -0.228. The Morgan fingerprint density at radius 1 is 1.21 bits per heavy atom. The lowest BCUT2D eigenvalue weighted by molar-refractivity contribution is 0.0669. The maximum atomic E-state index is 12.8. The summed E-state index contributed by atoms with van der Waals surface area (Å²) in [6.07, 6.45) is 1.92. The number of nitrogens with zero attached hydrogens (tertiary/aromatic N) is 4. The van der Waals surface area contributed by atoms with E-state index in [9.17, 15) is 9.59 Å². The second-order valence-electron chi connectivity index (χ2n) is 6.67. The van der Waals surface area contributed by atoms with Gasteiger partial charge in [-0.1, -0.05) is 0 Å². The van der Waals surface area contributed by atoms with Gasteiger partial charge in [0.25, 0.3) is 11.5 Å². The Hall–Kier alpha value is -2.37. The van der Waals surface area contributed by atoms with Gasteiger partial charge in [-0.3, -0.25) is 14.3 Å². The molecule has 0 unspecified atom stereocenters. The first-order valence-corrected chi connectivity index (χ1v) is 8.37. The molecule has 0 aromatic carbocycles. The summed E-state index contributed by atoms with van der Waals surface area (Å²) in [5.74, 6) is -0.179. The third kappa shape index (κ3) is 2.88. The van der Waals surface area contributed by atoms with Crippen LogP contribution in [0.15, 0.2) is 23.0 Å². The van der Waals surface area contributed by atoms with Crippen molar-refractivity contribution in [3.63, 3.8) is 0 Å². The number of carbonyl (C=O) groups excluding carboxylic acids is 1. The topological polar surface area (TPSA) is 60.1 Å². The lowest BCUT2D eigenvalue weighted by Crippen LogP contribution is -2.43. The molecule has 0 N–H and O–H groups in total. The van der Waals surface area contributed by atoms with Gasteiger partial charge in [0.2, 0.25) is 0 Å². The Morgan fingerprint density at radius 3 is 2.62 bits per heavy atom. The minimum absolute atomic E-state index is 0.172. The molecular formula is C18H24N4O2. The molecule has 1 aliphatic heterocycles. The molecule has 1 atom stereocenters. The number of pyridine rings is 1. The Morgan fingerprint density at radius 2 is 1.96 bits per heavy atom. The predicted octanol–water partition coefficient (Wildman–Crippen LogP) is 1.98. The van der Waals surface area contributed by atoms with Gasteiger partial charge in [0.1, 0.15) is 5.56 Å². The fraction of sp³-hybridized carbons (Fsp3) is 0.500. The van der Waals surface area contributed by atoms with E-state index in [0.29, 0.717) is 13.1 Å². The Labute approximate surface area is 141 Å². The number of piperidine rings is 1. The van der Waals surface area contributed by atoms with Gasteiger partial charge in [0, 0.05) is 31.5 Å². The van der Waals surface area contributed by atoms with Crippen LogP contribution >= 0.6 is 0 Å². The van der Waals surface area contributed by atoms with Gasteiger partial charge in [0.05, 0.1) is 11.7 Å². The van der Waals surface area contributed by atoms with Crippen molar-refractivity contribution >= 4 is 5.91 Å². The van der Waals surface area contributed by atoms with Gasteiger partial charge < -0.3 is 9.47 Å². The van der Waals surface area contributed by atoms with Gasteiger partial charge in [0.15, 0.2) is 0 Å². The number of carbonyl (C=O) groups is 1. The van der Waals surface area contributed by atoms with E-state index in [2.05, 4.69) is 11.2 Å². The molecule has 24 heavy (non-hydrogen) atoms. The summed E-state index contributed by atoms with van der Waals surface area (Å²) in [6, 6.07) is 5.69. The highest BCUT2D eigenvalue weighted by Crippen LogP contribution is 2.23. The molecule has 1 fully saturated rings. The molecule has 2 aromatic rings. The molecule has 0 aliphatic carbocycles. The van der Waals surface area contributed by atoms with Crippen LogP contribution in [0.3, 0.4) is 0 Å². The molecule has 1 aliphatic rings. The van der Waals surface area contributed by atoms with Crippen LogP contribution in [0.5, 0.6) is 0 Å². The maximum Gasteiger partial charge on any atom is 0.263 e. The van der Waals surface area contributed by atoms with Crippen molar-refractivity contribution in [2.45, 2.75) is 39.7 Å². The van der Waals surface area contributed by atoms with Gasteiger partial charge in [-0.15, -0.1) is 0 Å². The lowest BCUT2D eigenvalue weighted by atomic mass is 10.0. The van der Waals surface area contributed by atoms with E-state index >= 15 is 0 Å². The second kappa shape index (κ2) is 6.26. The van der Waals surface area contributed by atoms with Crippen LogP contribution in [-0.4, -0.2) is 38.2 Å². The number of aryl methyl sites for hydroxylation is 3. The first kappa shape index (κ1) is 16.5. The van der Waals surface area contributed by atoms with Gasteiger partial charge in [-0.2, -0.15) is 5.10 Å². The molecule has 0 bridgehead atoms. The van der Waals surface area contributed by atoms with E-state index in [1.54, 1.807) is 18.0 Å². The van der Waals surface area contributed by atoms with Crippen LogP contribution < -0.4 is 5.56 Å². The molecule has 1 saturated heterocycles. The quantitative estimate of drug-likeness (QED) is 0.847. The highest BCUT2D eigenvalue weighted by Gasteiger charge is 2.28. The van der Waals surface area contributed by atoms with Crippen molar-refractivity contribution in [3.8, 4) is 0 Å². The zero-order valence-corrected chi connectivity index (χ0v) is 14.7.